The van der Waals surface area contributed by atoms with Crippen molar-refractivity contribution in [2.24, 2.45) is 0 Å². The number of alkyl halides is 2. The second-order valence-electron chi connectivity index (χ2n) is 9.95. The summed E-state index contributed by atoms with van der Waals surface area (Å²) in [6, 6.07) is 6.36. The molecule has 6 rings (SSSR count). The molecule has 3 atom stereocenters. The molecule has 214 valence electrons. The maximum absolute atomic E-state index is 15.3. The fraction of sp³-hybridized carbons (Fsp3) is 0.308. The largest absolute Gasteiger partial charge is 0.472 e. The van der Waals surface area contributed by atoms with Gasteiger partial charge in [-0.15, -0.1) is 0 Å². The van der Waals surface area contributed by atoms with Crippen molar-refractivity contribution in [1.29, 1.82) is 0 Å². The second kappa shape index (κ2) is 9.62. The van der Waals surface area contributed by atoms with E-state index in [2.05, 4.69) is 19.5 Å². The van der Waals surface area contributed by atoms with Gasteiger partial charge in [-0.1, -0.05) is 6.07 Å². The molecule has 2 bridgehead atoms. The number of hydrogen-bond donors (Lipinski definition) is 1. The zero-order chi connectivity index (χ0) is 29.3. The first-order valence-corrected chi connectivity index (χ1v) is 13.8. The Morgan fingerprint density at radius 3 is 2.61 bits per heavy atom. The number of carbonyl (C=O) groups excluding carboxylic acids is 1. The molecule has 2 aromatic heterocycles. The van der Waals surface area contributed by atoms with E-state index in [1.165, 1.54) is 56.6 Å². The minimum absolute atomic E-state index is 0.0503. The first-order chi connectivity index (χ1) is 19.4. The lowest BCUT2D eigenvalue weighted by Gasteiger charge is -2.25. The standard InChI is InChI=1S/C26H22F3N4O7P/c1-26(2,40-41(35,36)37-3)24-30-10-12(11-31-24)14-7-17-16(8-15(14)27)32-22-20-9-18(33(17)22)21-13(23(34)38-20)5-4-6-19(21)39-25(28)29/h4-8,10-11,18,20,25H,9H2,1-3H3,(H,35,36)/t18?,20-/m1/s1. The minimum Gasteiger partial charge on any atom is -0.450 e. The van der Waals surface area contributed by atoms with Gasteiger partial charge in [0.05, 0.1) is 22.6 Å². The van der Waals surface area contributed by atoms with Crippen molar-refractivity contribution in [2.45, 2.75) is 44.6 Å². The third kappa shape index (κ3) is 4.66. The van der Waals surface area contributed by atoms with Crippen LogP contribution in [0.2, 0.25) is 0 Å². The first kappa shape index (κ1) is 27.3. The van der Waals surface area contributed by atoms with E-state index < -0.39 is 44.0 Å². The van der Waals surface area contributed by atoms with Crippen LogP contribution in [-0.4, -0.2) is 44.1 Å². The predicted molar refractivity (Wildman–Crippen MR) is 136 cm³/mol. The average molecular weight is 590 g/mol. The molecule has 0 spiro atoms. The van der Waals surface area contributed by atoms with Gasteiger partial charge in [-0.25, -0.2) is 28.7 Å². The summed E-state index contributed by atoms with van der Waals surface area (Å²) in [5, 5.41) is 0. The topological polar surface area (TPSA) is 135 Å². The summed E-state index contributed by atoms with van der Waals surface area (Å²) in [6.07, 6.45) is 2.13. The van der Waals surface area contributed by atoms with E-state index in [0.717, 1.165) is 7.11 Å². The zero-order valence-corrected chi connectivity index (χ0v) is 22.6. The molecule has 15 heteroatoms. The van der Waals surface area contributed by atoms with Crippen LogP contribution >= 0.6 is 7.82 Å². The molecule has 0 radical (unpaired) electrons. The maximum Gasteiger partial charge on any atom is 0.472 e. The number of ether oxygens (including phenoxy) is 2. The molecule has 2 unspecified atom stereocenters. The Labute approximate surface area is 230 Å². The van der Waals surface area contributed by atoms with E-state index in [4.69, 9.17) is 14.0 Å². The molecule has 2 aromatic carbocycles. The Kier molecular flexibility index (Phi) is 6.42. The van der Waals surface area contributed by atoms with Crippen molar-refractivity contribution in [3.05, 3.63) is 71.3 Å². The van der Waals surface area contributed by atoms with Gasteiger partial charge in [0, 0.05) is 48.7 Å². The number of phosphoric acid groups is 1. The Hall–Kier alpha value is -3.84. The lowest BCUT2D eigenvalue weighted by Crippen LogP contribution is -2.23. The molecule has 0 saturated carbocycles. The van der Waals surface area contributed by atoms with Gasteiger partial charge in [-0.05, 0) is 32.0 Å². The molecule has 11 nitrogen and oxygen atoms in total. The number of aromatic nitrogens is 4. The predicted octanol–water partition coefficient (Wildman–Crippen LogP) is 5.44. The SMILES string of the molecule is COP(=O)(O)OC(C)(C)c1ncc(-c2cc3c(cc2F)nc2n3C3C[C@H]2OC(=O)c2cccc(OC(F)F)c23)cn1. The van der Waals surface area contributed by atoms with Crippen LogP contribution in [0.25, 0.3) is 22.2 Å². The van der Waals surface area contributed by atoms with Crippen LogP contribution in [0.4, 0.5) is 13.2 Å². The highest BCUT2D eigenvalue weighted by Crippen LogP contribution is 2.50. The number of nitrogens with zero attached hydrogens (tertiary/aromatic N) is 4. The summed E-state index contributed by atoms with van der Waals surface area (Å²) < 4.78 is 75.5. The van der Waals surface area contributed by atoms with Crippen LogP contribution in [0, 0.1) is 5.82 Å². The fourth-order valence-corrected chi connectivity index (χ4v) is 6.01. The summed E-state index contributed by atoms with van der Waals surface area (Å²) in [5.41, 5.74) is 0.0548. The second-order valence-corrected chi connectivity index (χ2v) is 11.4. The fourth-order valence-electron chi connectivity index (χ4n) is 5.27. The van der Waals surface area contributed by atoms with Crippen LogP contribution in [0.15, 0.2) is 42.7 Å². The summed E-state index contributed by atoms with van der Waals surface area (Å²) >= 11 is 0. The van der Waals surface area contributed by atoms with Crippen molar-refractivity contribution in [3.63, 3.8) is 0 Å². The molecule has 2 aliphatic rings. The van der Waals surface area contributed by atoms with Crippen molar-refractivity contribution < 1.29 is 45.9 Å². The molecule has 0 fully saturated rings. The van der Waals surface area contributed by atoms with Gasteiger partial charge in [0.15, 0.2) is 17.8 Å². The molecule has 0 saturated heterocycles. The normalized spacial score (nSPS) is 19.5. The number of rotatable bonds is 7. The highest BCUT2D eigenvalue weighted by molar-refractivity contribution is 7.47. The Morgan fingerprint density at radius 1 is 1.20 bits per heavy atom. The van der Waals surface area contributed by atoms with Crippen molar-refractivity contribution in [1.82, 2.24) is 19.5 Å². The Balaban J connectivity index is 1.44. The van der Waals surface area contributed by atoms with E-state index >= 15 is 4.39 Å². The highest BCUT2D eigenvalue weighted by atomic mass is 31.2. The van der Waals surface area contributed by atoms with Crippen LogP contribution in [-0.2, 0) is 24.0 Å². The summed E-state index contributed by atoms with van der Waals surface area (Å²) in [4.78, 5) is 35.4. The third-order valence-corrected chi connectivity index (χ3v) is 8.15. The average Bonchev–Trinajstić information content (AvgIpc) is 3.39. The van der Waals surface area contributed by atoms with Gasteiger partial charge in [0.25, 0.3) is 0 Å². The number of benzene rings is 2. The number of esters is 1. The van der Waals surface area contributed by atoms with E-state index in [9.17, 15) is 23.0 Å². The molecular formula is C26H22F3N4O7P. The summed E-state index contributed by atoms with van der Waals surface area (Å²) in [6.45, 7) is -0.165. The lowest BCUT2D eigenvalue weighted by atomic mass is 9.97. The molecule has 2 aliphatic heterocycles. The van der Waals surface area contributed by atoms with Gasteiger partial charge in [-0.2, -0.15) is 8.78 Å². The van der Waals surface area contributed by atoms with Crippen molar-refractivity contribution in [3.8, 4) is 16.9 Å². The van der Waals surface area contributed by atoms with E-state index in [0.29, 0.717) is 11.3 Å². The Morgan fingerprint density at radius 2 is 1.93 bits per heavy atom. The zero-order valence-electron chi connectivity index (χ0n) is 21.7. The number of imidazole rings is 1. The summed E-state index contributed by atoms with van der Waals surface area (Å²) in [5.74, 6) is -1.09. The van der Waals surface area contributed by atoms with Gasteiger partial charge in [0.2, 0.25) is 0 Å². The van der Waals surface area contributed by atoms with Crippen LogP contribution in [0.5, 0.6) is 5.75 Å². The van der Waals surface area contributed by atoms with Crippen LogP contribution < -0.4 is 4.74 Å². The number of fused-ring (bicyclic) bond motifs is 9. The Bertz CT molecular complexity index is 1750. The van der Waals surface area contributed by atoms with Crippen LogP contribution in [0.1, 0.15) is 60.0 Å². The lowest BCUT2D eigenvalue weighted by molar-refractivity contribution is -0.0507. The monoisotopic (exact) mass is 590 g/mol. The molecule has 0 aliphatic carbocycles. The molecule has 4 heterocycles. The molecule has 0 amide bonds. The summed E-state index contributed by atoms with van der Waals surface area (Å²) in [7, 11) is -3.32. The number of carbonyl (C=O) groups is 1. The van der Waals surface area contributed by atoms with Gasteiger partial charge in [0.1, 0.15) is 17.2 Å². The van der Waals surface area contributed by atoms with E-state index in [1.54, 1.807) is 4.57 Å². The number of hydrogen-bond acceptors (Lipinski definition) is 9. The van der Waals surface area contributed by atoms with E-state index in [-0.39, 0.29) is 45.8 Å². The number of phosphoric ester groups is 1. The smallest absolute Gasteiger partial charge is 0.450 e. The maximum atomic E-state index is 15.3. The van der Waals surface area contributed by atoms with Gasteiger partial charge in [-0.3, -0.25) is 9.05 Å². The van der Waals surface area contributed by atoms with E-state index in [1.807, 2.05) is 0 Å². The molecule has 4 aromatic rings. The van der Waals surface area contributed by atoms with Crippen molar-refractivity contribution >= 4 is 24.8 Å². The number of halogens is 3. The highest BCUT2D eigenvalue weighted by Gasteiger charge is 2.44. The molecule has 1 N–H and O–H groups in total. The first-order valence-electron chi connectivity index (χ1n) is 12.3. The third-order valence-electron chi connectivity index (χ3n) is 7.00. The molecule has 41 heavy (non-hydrogen) atoms. The molecular weight excluding hydrogens is 568 g/mol. The minimum atomic E-state index is -4.35. The van der Waals surface area contributed by atoms with Gasteiger partial charge >= 0.3 is 20.4 Å². The van der Waals surface area contributed by atoms with Crippen LogP contribution in [0.3, 0.4) is 0 Å². The quantitative estimate of drug-likeness (QED) is 0.219. The van der Waals surface area contributed by atoms with Crippen molar-refractivity contribution in [2.75, 3.05) is 7.11 Å². The van der Waals surface area contributed by atoms with Gasteiger partial charge < -0.3 is 18.9 Å².